The number of aromatic nitrogens is 2. The second kappa shape index (κ2) is 8.09. The Labute approximate surface area is 206 Å². The van der Waals surface area contributed by atoms with Crippen LogP contribution in [-0.4, -0.2) is 57.0 Å². The van der Waals surface area contributed by atoms with Gasteiger partial charge in [0.15, 0.2) is 5.75 Å². The molecule has 0 aliphatic carbocycles. The highest BCUT2D eigenvalue weighted by molar-refractivity contribution is 6.32. The molecule has 0 atom stereocenters. The number of aliphatic hydroxyl groups is 6. The lowest BCUT2D eigenvalue weighted by Crippen LogP contribution is -2.70. The summed E-state index contributed by atoms with van der Waals surface area (Å²) in [4.78, 5) is 14.2. The fraction of sp³-hybridized carbons (Fsp3) is 0.174. The van der Waals surface area contributed by atoms with Gasteiger partial charge in [-0.25, -0.2) is 4.39 Å². The molecular formula is C23H19ClFN3O8. The van der Waals surface area contributed by atoms with Crippen LogP contribution < -0.4 is 10.3 Å². The van der Waals surface area contributed by atoms with E-state index in [0.717, 1.165) is 12.1 Å². The van der Waals surface area contributed by atoms with Gasteiger partial charge in [0.2, 0.25) is 5.56 Å². The van der Waals surface area contributed by atoms with Gasteiger partial charge in [0.25, 0.3) is 5.91 Å². The fourth-order valence-corrected chi connectivity index (χ4v) is 4.40. The van der Waals surface area contributed by atoms with Crippen LogP contribution in [0.15, 0.2) is 65.7 Å². The van der Waals surface area contributed by atoms with Crippen molar-refractivity contribution in [3.63, 3.8) is 0 Å². The first kappa shape index (κ1) is 24.4. The highest BCUT2D eigenvalue weighted by Gasteiger charge is 2.64. The number of nitrogens with zero attached hydrogens (tertiary/aromatic N) is 2. The van der Waals surface area contributed by atoms with Crippen molar-refractivity contribution >= 4 is 22.5 Å². The number of nitrogens with one attached hydrogen (secondary N) is 1. The van der Waals surface area contributed by atoms with Gasteiger partial charge in [-0.2, -0.15) is 4.90 Å². The molecule has 0 fully saturated rings. The van der Waals surface area contributed by atoms with Crippen molar-refractivity contribution in [2.45, 2.75) is 24.3 Å². The minimum atomic E-state index is -3.83. The molecule has 0 unspecified atom stereocenters. The summed E-state index contributed by atoms with van der Waals surface area (Å²) in [7, 11) is 0. The molecule has 2 aromatic heterocycles. The van der Waals surface area contributed by atoms with Crippen molar-refractivity contribution in [2.75, 3.05) is 0 Å². The first-order valence-electron chi connectivity index (χ1n) is 10.4. The number of ether oxygens (including phenoxy) is 1. The normalized spacial score (nSPS) is 18.4. The largest absolute Gasteiger partial charge is 0.432 e. The van der Waals surface area contributed by atoms with Gasteiger partial charge in [-0.1, -0.05) is 11.6 Å². The van der Waals surface area contributed by atoms with E-state index < -0.39 is 47.0 Å². The molecule has 0 amide bonds. The minimum absolute atomic E-state index is 0.0543. The number of benzene rings is 2. The quantitative estimate of drug-likeness (QED) is 0.189. The van der Waals surface area contributed by atoms with Crippen molar-refractivity contribution in [3.8, 4) is 11.4 Å². The van der Waals surface area contributed by atoms with Gasteiger partial charge < -0.3 is 44.9 Å². The van der Waals surface area contributed by atoms with Crippen LogP contribution in [-0.2, 0) is 12.5 Å². The van der Waals surface area contributed by atoms with E-state index in [0.29, 0.717) is 10.9 Å². The molecule has 0 saturated carbocycles. The first-order valence-corrected chi connectivity index (χ1v) is 10.8. The van der Waals surface area contributed by atoms with Crippen molar-refractivity contribution in [1.29, 1.82) is 0 Å². The van der Waals surface area contributed by atoms with Crippen molar-refractivity contribution in [2.24, 2.45) is 0 Å². The van der Waals surface area contributed by atoms with Crippen LogP contribution in [0.1, 0.15) is 11.1 Å². The van der Waals surface area contributed by atoms with Gasteiger partial charge in [0, 0.05) is 36.1 Å². The van der Waals surface area contributed by atoms with E-state index in [-0.39, 0.29) is 21.2 Å². The highest BCUT2D eigenvalue weighted by Crippen LogP contribution is 2.47. The van der Waals surface area contributed by atoms with Crippen molar-refractivity contribution in [1.82, 2.24) is 14.5 Å². The summed E-state index contributed by atoms with van der Waals surface area (Å²) < 4.78 is 20.2. The lowest BCUT2D eigenvalue weighted by atomic mass is 10.1. The van der Waals surface area contributed by atoms with Crippen LogP contribution in [0.2, 0.25) is 5.02 Å². The summed E-state index contributed by atoms with van der Waals surface area (Å²) >= 11 is 6.32. The average molecular weight is 520 g/mol. The summed E-state index contributed by atoms with van der Waals surface area (Å²) in [6.07, 6.45) is 2.79. The molecule has 2 aromatic carbocycles. The van der Waals surface area contributed by atoms with Gasteiger partial charge in [-0.3, -0.25) is 4.79 Å². The summed E-state index contributed by atoms with van der Waals surface area (Å²) in [5.41, 5.74) is -0.365. The Morgan fingerprint density at radius 3 is 2.47 bits per heavy atom. The Balaban J connectivity index is 1.71. The molecule has 0 spiro atoms. The number of pyridine rings is 1. The smallest absolute Gasteiger partial charge is 0.396 e. The maximum atomic E-state index is 13.6. The van der Waals surface area contributed by atoms with Crippen LogP contribution in [0.25, 0.3) is 16.6 Å². The summed E-state index contributed by atoms with van der Waals surface area (Å²) in [6, 6.07) is 10.4. The molecule has 7 N–H and O–H groups in total. The van der Waals surface area contributed by atoms with Gasteiger partial charge in [-0.15, -0.1) is 0 Å². The number of aromatic amines is 1. The Bertz CT molecular complexity index is 1550. The van der Waals surface area contributed by atoms with Gasteiger partial charge in [0.05, 0.1) is 16.1 Å². The fourth-order valence-electron chi connectivity index (χ4n) is 4.15. The topological polar surface area (TPSA) is 172 Å². The van der Waals surface area contributed by atoms with Gasteiger partial charge >= 0.3 is 11.9 Å². The van der Waals surface area contributed by atoms with Crippen LogP contribution in [0.5, 0.6) is 5.75 Å². The third kappa shape index (κ3) is 3.77. The lowest BCUT2D eigenvalue weighted by molar-refractivity contribution is -0.507. The number of hydrogen-bond acceptors (Lipinski definition) is 9. The van der Waals surface area contributed by atoms with E-state index >= 15 is 0 Å². The standard InChI is InChI=1S/C23H19ClFN3O8/c24-17-10-15(27-6-4-13-8-14(25)1-2-18(13)27)9-16-20(17)36-23(34,35)22(32,33)28(21(16,30)31)11-12-3-5-26-19(29)7-12/h1-10,30-35H,11H2,(H,26,29). The number of H-pyrrole nitrogens is 1. The predicted molar refractivity (Wildman–Crippen MR) is 122 cm³/mol. The molecule has 188 valence electrons. The summed E-state index contributed by atoms with van der Waals surface area (Å²) in [5.74, 6) is -12.1. The molecule has 11 nitrogen and oxygen atoms in total. The molecule has 3 heterocycles. The third-order valence-corrected chi connectivity index (χ3v) is 6.22. The van der Waals surface area contributed by atoms with Crippen LogP contribution >= 0.6 is 11.6 Å². The van der Waals surface area contributed by atoms with E-state index in [1.54, 1.807) is 16.8 Å². The second-order valence-corrected chi connectivity index (χ2v) is 8.73. The third-order valence-electron chi connectivity index (χ3n) is 5.93. The molecule has 1 aliphatic rings. The zero-order chi connectivity index (χ0) is 26.0. The number of halogens is 2. The molecule has 0 radical (unpaired) electrons. The molecule has 13 heteroatoms. The van der Waals surface area contributed by atoms with E-state index in [1.807, 2.05) is 0 Å². The van der Waals surface area contributed by atoms with Crippen molar-refractivity contribution < 1.29 is 39.8 Å². The molecule has 1 aliphatic heterocycles. The molecule has 5 rings (SSSR count). The number of hydrogen-bond donors (Lipinski definition) is 7. The highest BCUT2D eigenvalue weighted by atomic mass is 35.5. The van der Waals surface area contributed by atoms with E-state index in [9.17, 15) is 39.8 Å². The molecule has 0 bridgehead atoms. The minimum Gasteiger partial charge on any atom is -0.432 e. The zero-order valence-corrected chi connectivity index (χ0v) is 18.9. The molecule has 0 saturated heterocycles. The molecule has 36 heavy (non-hydrogen) atoms. The van der Waals surface area contributed by atoms with Crippen LogP contribution in [0.4, 0.5) is 4.39 Å². The van der Waals surface area contributed by atoms with E-state index in [2.05, 4.69) is 4.98 Å². The molecule has 4 aromatic rings. The van der Waals surface area contributed by atoms with Crippen LogP contribution in [0.3, 0.4) is 0 Å². The van der Waals surface area contributed by atoms with Crippen LogP contribution in [0, 0.1) is 5.82 Å². The lowest BCUT2D eigenvalue weighted by Gasteiger charge is -2.43. The Morgan fingerprint density at radius 2 is 1.75 bits per heavy atom. The maximum absolute atomic E-state index is 13.6. The first-order chi connectivity index (χ1) is 16.8. The predicted octanol–water partition coefficient (Wildman–Crippen LogP) is 0.378. The summed E-state index contributed by atoms with van der Waals surface area (Å²) in [5, 5.41) is 64.8. The maximum Gasteiger partial charge on any atom is 0.396 e. The number of fused-ring (bicyclic) bond motifs is 2. The summed E-state index contributed by atoms with van der Waals surface area (Å²) in [6.45, 7) is -0.775. The monoisotopic (exact) mass is 519 g/mol. The zero-order valence-electron chi connectivity index (χ0n) is 18.1. The molecular weight excluding hydrogens is 501 g/mol. The van der Waals surface area contributed by atoms with Gasteiger partial charge in [-0.05, 0) is 48.0 Å². The average Bonchev–Trinajstić information content (AvgIpc) is 3.19. The Hall–Kier alpha value is -3.33. The number of rotatable bonds is 3. The van der Waals surface area contributed by atoms with E-state index in [4.69, 9.17) is 16.3 Å². The Kier molecular flexibility index (Phi) is 5.48. The SMILES string of the molecule is O=c1cc(CN2C(O)(O)c3cc(-n4ccc5cc(F)ccc54)cc(Cl)c3OC(O)(O)C2(O)O)cc[nH]1. The Morgan fingerprint density at radius 1 is 1.00 bits per heavy atom. The van der Waals surface area contributed by atoms with Gasteiger partial charge in [0.1, 0.15) is 5.82 Å². The van der Waals surface area contributed by atoms with Crippen molar-refractivity contribution in [3.05, 3.63) is 93.2 Å². The van der Waals surface area contributed by atoms with E-state index in [1.165, 1.54) is 36.5 Å². The second-order valence-electron chi connectivity index (χ2n) is 8.32.